The van der Waals surface area contributed by atoms with Gasteiger partial charge in [0.2, 0.25) is 6.17 Å². The lowest BCUT2D eigenvalue weighted by Gasteiger charge is -2.22. The van der Waals surface area contributed by atoms with Crippen LogP contribution < -0.4 is 11.2 Å². The number of benzene rings is 1. The van der Waals surface area contributed by atoms with E-state index in [9.17, 15) is 4.79 Å². The van der Waals surface area contributed by atoms with Gasteiger partial charge in [-0.3, -0.25) is 10.2 Å². The predicted octanol–water partition coefficient (Wildman–Crippen LogP) is 0.936. The average Bonchev–Trinajstić information content (AvgIpc) is 2.90. The number of hydrogen-bond donors (Lipinski definition) is 2. The van der Waals surface area contributed by atoms with Crippen LogP contribution in [0.15, 0.2) is 28.3 Å². The number of nitrogens with zero attached hydrogens (tertiary/aromatic N) is 4. The highest BCUT2D eigenvalue weighted by Gasteiger charge is 2.41. The van der Waals surface area contributed by atoms with Crippen LogP contribution in [0.25, 0.3) is 0 Å². The number of fused-ring (bicyclic) bond motifs is 1. The minimum Gasteiger partial charge on any atom is -0.383 e. The quantitative estimate of drug-likeness (QED) is 0.808. The number of carbonyl (C=O) groups is 1. The Kier molecular flexibility index (Phi) is 3.04. The molecule has 0 fully saturated rings. The van der Waals surface area contributed by atoms with E-state index in [0.29, 0.717) is 21.4 Å². The largest absolute Gasteiger partial charge is 0.383 e. The molecule has 0 saturated heterocycles. The summed E-state index contributed by atoms with van der Waals surface area (Å²) in [5, 5.41) is 7.47. The number of hydrazine groups is 2. The molecule has 7 nitrogen and oxygen atoms in total. The summed E-state index contributed by atoms with van der Waals surface area (Å²) >= 11 is 12.0. The van der Waals surface area contributed by atoms with Crippen LogP contribution in [-0.4, -0.2) is 34.0 Å². The van der Waals surface area contributed by atoms with Crippen LogP contribution >= 0.6 is 23.2 Å². The fourth-order valence-corrected chi connectivity index (χ4v) is 2.46. The number of halogens is 2. The molecule has 0 aromatic heterocycles. The molecule has 20 heavy (non-hydrogen) atoms. The molecule has 1 aromatic carbocycles. The van der Waals surface area contributed by atoms with Crippen molar-refractivity contribution in [3.8, 4) is 0 Å². The van der Waals surface area contributed by atoms with Gasteiger partial charge in [0.15, 0.2) is 5.84 Å². The maximum Gasteiger partial charge on any atom is 0.256 e. The standard InChI is InChI=1S/C11H10Cl2N6O/c1-5(20)18-16-9(14)11-15-10(17-19(11)18)7-3-2-6(12)4-8(7)13/h2-4,11H,1H3,(H2,14,16)(H,15,17). The summed E-state index contributed by atoms with van der Waals surface area (Å²) in [5.41, 5.74) is 9.39. The number of amidine groups is 2. The van der Waals surface area contributed by atoms with Gasteiger partial charge in [0.25, 0.3) is 5.91 Å². The number of amides is 1. The normalized spacial score (nSPS) is 21.4. The fraction of sp³-hybridized carbons (Fsp3) is 0.182. The van der Waals surface area contributed by atoms with E-state index in [4.69, 9.17) is 28.9 Å². The average molecular weight is 313 g/mol. The van der Waals surface area contributed by atoms with Gasteiger partial charge in [-0.1, -0.05) is 28.3 Å². The number of rotatable bonds is 1. The first-order valence-electron chi connectivity index (χ1n) is 5.71. The summed E-state index contributed by atoms with van der Waals surface area (Å²) in [7, 11) is 0. The third-order valence-electron chi connectivity index (χ3n) is 2.85. The molecule has 0 aliphatic carbocycles. The summed E-state index contributed by atoms with van der Waals surface area (Å²) < 4.78 is 0. The van der Waals surface area contributed by atoms with Crippen LogP contribution in [-0.2, 0) is 4.79 Å². The van der Waals surface area contributed by atoms with E-state index in [0.717, 1.165) is 5.12 Å². The van der Waals surface area contributed by atoms with Gasteiger partial charge in [-0.15, -0.1) is 10.2 Å². The minimum atomic E-state index is -0.555. The van der Waals surface area contributed by atoms with Gasteiger partial charge in [-0.2, -0.15) is 0 Å². The Morgan fingerprint density at radius 2 is 2.20 bits per heavy atom. The van der Waals surface area contributed by atoms with Gasteiger partial charge >= 0.3 is 0 Å². The van der Waals surface area contributed by atoms with Gasteiger partial charge in [0, 0.05) is 17.5 Å². The highest BCUT2D eigenvalue weighted by Crippen LogP contribution is 2.25. The number of hydrazone groups is 1. The molecule has 1 amide bonds. The zero-order chi connectivity index (χ0) is 14.4. The van der Waals surface area contributed by atoms with Crippen molar-refractivity contribution in [3.63, 3.8) is 0 Å². The van der Waals surface area contributed by atoms with Gasteiger partial charge in [-0.05, 0) is 18.2 Å². The van der Waals surface area contributed by atoms with Crippen molar-refractivity contribution in [2.24, 2.45) is 15.8 Å². The molecular formula is C11H10Cl2N6O. The zero-order valence-corrected chi connectivity index (χ0v) is 11.9. The van der Waals surface area contributed by atoms with Gasteiger partial charge in [0.05, 0.1) is 5.02 Å². The summed E-state index contributed by atoms with van der Waals surface area (Å²) in [4.78, 5) is 15.9. The highest BCUT2D eigenvalue weighted by molar-refractivity contribution is 6.37. The van der Waals surface area contributed by atoms with Gasteiger partial charge in [0.1, 0.15) is 5.84 Å². The Morgan fingerprint density at radius 3 is 2.85 bits per heavy atom. The molecule has 1 unspecified atom stereocenters. The van der Waals surface area contributed by atoms with Crippen molar-refractivity contribution in [1.29, 1.82) is 0 Å². The van der Waals surface area contributed by atoms with Gasteiger partial charge < -0.3 is 5.73 Å². The first-order chi connectivity index (χ1) is 9.47. The van der Waals surface area contributed by atoms with Crippen molar-refractivity contribution >= 4 is 40.8 Å². The summed E-state index contributed by atoms with van der Waals surface area (Å²) in [6, 6.07) is 5.06. The van der Waals surface area contributed by atoms with E-state index in [-0.39, 0.29) is 11.7 Å². The lowest BCUT2D eigenvalue weighted by Crippen LogP contribution is -2.50. The molecule has 104 valence electrons. The summed E-state index contributed by atoms with van der Waals surface area (Å²) in [6.07, 6.45) is -0.555. The van der Waals surface area contributed by atoms with Crippen LogP contribution in [0, 0.1) is 0 Å². The van der Waals surface area contributed by atoms with Crippen molar-refractivity contribution in [2.75, 3.05) is 0 Å². The van der Waals surface area contributed by atoms with Gasteiger partial charge in [-0.25, -0.2) is 4.99 Å². The van der Waals surface area contributed by atoms with Crippen molar-refractivity contribution < 1.29 is 4.79 Å². The molecule has 2 heterocycles. The molecule has 9 heteroatoms. The molecule has 1 aromatic rings. The van der Waals surface area contributed by atoms with Crippen molar-refractivity contribution in [3.05, 3.63) is 33.8 Å². The topological polar surface area (TPSA) is 86.3 Å². The van der Waals surface area contributed by atoms with Crippen LogP contribution in [0.2, 0.25) is 10.0 Å². The molecule has 1 atom stereocenters. The van der Waals surface area contributed by atoms with E-state index in [2.05, 4.69) is 15.5 Å². The third kappa shape index (κ3) is 2.00. The SMILES string of the molecule is CC(=O)N1N=C(N)C2N=C(c3ccc(Cl)cc3Cl)NN21. The van der Waals surface area contributed by atoms with E-state index in [1.54, 1.807) is 18.2 Å². The Balaban J connectivity index is 1.94. The number of aliphatic imine (C=N–C) groups is 1. The number of carbonyl (C=O) groups excluding carboxylic acids is 1. The van der Waals surface area contributed by atoms with Crippen LogP contribution in [0.5, 0.6) is 0 Å². The fourth-order valence-electron chi connectivity index (χ4n) is 1.96. The Morgan fingerprint density at radius 1 is 1.45 bits per heavy atom. The molecule has 3 N–H and O–H groups in total. The smallest absolute Gasteiger partial charge is 0.256 e. The molecular weight excluding hydrogens is 303 g/mol. The third-order valence-corrected chi connectivity index (χ3v) is 3.40. The molecule has 0 spiro atoms. The summed E-state index contributed by atoms with van der Waals surface area (Å²) in [6.45, 7) is 1.38. The monoisotopic (exact) mass is 312 g/mol. The van der Waals surface area contributed by atoms with E-state index in [1.165, 1.54) is 12.0 Å². The highest BCUT2D eigenvalue weighted by atomic mass is 35.5. The Hall–Kier alpha value is -1.83. The van der Waals surface area contributed by atoms with E-state index < -0.39 is 6.17 Å². The van der Waals surface area contributed by atoms with Crippen molar-refractivity contribution in [1.82, 2.24) is 15.7 Å². The second kappa shape index (κ2) is 4.62. The lowest BCUT2D eigenvalue weighted by molar-refractivity contribution is -0.148. The molecule has 2 aliphatic heterocycles. The number of nitrogens with two attached hydrogens (primary N) is 1. The molecule has 3 rings (SSSR count). The molecule has 0 radical (unpaired) electrons. The Bertz CT molecular complexity index is 658. The Labute approximate surface area is 124 Å². The van der Waals surface area contributed by atoms with Crippen LogP contribution in [0.3, 0.4) is 0 Å². The summed E-state index contributed by atoms with van der Waals surface area (Å²) in [5.74, 6) is 0.454. The van der Waals surface area contributed by atoms with Crippen LogP contribution in [0.1, 0.15) is 12.5 Å². The first kappa shape index (κ1) is 13.2. The second-order valence-corrected chi connectivity index (χ2v) is 5.11. The van der Waals surface area contributed by atoms with E-state index in [1.807, 2.05) is 0 Å². The number of hydrogen-bond acceptors (Lipinski definition) is 6. The van der Waals surface area contributed by atoms with E-state index >= 15 is 0 Å². The lowest BCUT2D eigenvalue weighted by atomic mass is 10.2. The van der Waals surface area contributed by atoms with Crippen LogP contribution in [0.4, 0.5) is 0 Å². The minimum absolute atomic E-state index is 0.229. The number of nitrogens with one attached hydrogen (secondary N) is 1. The second-order valence-electron chi connectivity index (χ2n) is 4.27. The molecule has 0 saturated carbocycles. The maximum absolute atomic E-state index is 11.5. The first-order valence-corrected chi connectivity index (χ1v) is 6.46. The van der Waals surface area contributed by atoms with Crippen molar-refractivity contribution in [2.45, 2.75) is 13.1 Å². The molecule has 2 aliphatic rings. The molecule has 0 bridgehead atoms. The zero-order valence-electron chi connectivity index (χ0n) is 10.3. The predicted molar refractivity (Wildman–Crippen MR) is 75.9 cm³/mol. The maximum atomic E-state index is 11.5.